The van der Waals surface area contributed by atoms with Gasteiger partial charge in [-0.25, -0.2) is 4.98 Å². The highest BCUT2D eigenvalue weighted by molar-refractivity contribution is 6.05. The van der Waals surface area contributed by atoms with Gasteiger partial charge >= 0.3 is 6.18 Å². The smallest absolute Gasteiger partial charge is 0.376 e. The van der Waals surface area contributed by atoms with Gasteiger partial charge in [-0.1, -0.05) is 18.2 Å². The third kappa shape index (κ3) is 4.06. The summed E-state index contributed by atoms with van der Waals surface area (Å²) in [5.41, 5.74) is 0.572. The number of anilines is 2. The van der Waals surface area contributed by atoms with Crippen LogP contribution in [0.15, 0.2) is 48.5 Å². The van der Waals surface area contributed by atoms with Crippen molar-refractivity contribution in [1.29, 1.82) is 0 Å². The topological polar surface area (TPSA) is 76.5 Å². The van der Waals surface area contributed by atoms with E-state index in [4.69, 9.17) is 4.74 Å². The molecule has 3 aromatic rings. The molecule has 2 amide bonds. The van der Waals surface area contributed by atoms with Gasteiger partial charge in [-0.15, -0.1) is 0 Å². The molecule has 172 valence electrons. The van der Waals surface area contributed by atoms with Gasteiger partial charge in [-0.3, -0.25) is 19.1 Å². The fourth-order valence-corrected chi connectivity index (χ4v) is 4.42. The Labute approximate surface area is 187 Å². The minimum Gasteiger partial charge on any atom is -0.376 e. The fourth-order valence-electron chi connectivity index (χ4n) is 4.42. The summed E-state index contributed by atoms with van der Waals surface area (Å²) in [5.74, 6) is -0.387. The lowest BCUT2D eigenvalue weighted by Crippen LogP contribution is -2.37. The molecule has 0 radical (unpaired) electrons. The maximum absolute atomic E-state index is 13.3. The number of carbonyl (C=O) groups excluding carboxylic acids is 2. The van der Waals surface area contributed by atoms with Crippen molar-refractivity contribution < 1.29 is 27.5 Å². The molecule has 5 rings (SSSR count). The van der Waals surface area contributed by atoms with Gasteiger partial charge in [-0.2, -0.15) is 13.2 Å². The van der Waals surface area contributed by atoms with E-state index in [2.05, 4.69) is 10.3 Å². The molecule has 0 saturated carbocycles. The average molecular weight is 458 g/mol. The van der Waals surface area contributed by atoms with Crippen molar-refractivity contribution in [2.24, 2.45) is 0 Å². The molecule has 1 N–H and O–H groups in total. The maximum atomic E-state index is 13.3. The molecule has 2 atom stereocenters. The first-order valence-corrected chi connectivity index (χ1v) is 10.7. The number of hydrogen-bond donors (Lipinski definition) is 1. The predicted molar refractivity (Wildman–Crippen MR) is 115 cm³/mol. The van der Waals surface area contributed by atoms with Crippen LogP contribution in [0.5, 0.6) is 0 Å². The fraction of sp³-hybridized carbons (Fsp3) is 0.348. The van der Waals surface area contributed by atoms with E-state index >= 15 is 0 Å². The second kappa shape index (κ2) is 8.18. The van der Waals surface area contributed by atoms with Crippen LogP contribution in [-0.2, 0) is 20.5 Å². The first kappa shape index (κ1) is 21.4. The normalized spacial score (nSPS) is 20.5. The van der Waals surface area contributed by atoms with Gasteiger partial charge in [0.15, 0.2) is 0 Å². The predicted octanol–water partition coefficient (Wildman–Crippen LogP) is 4.15. The quantitative estimate of drug-likeness (QED) is 0.623. The Balaban J connectivity index is 1.41. The number of fused-ring (bicyclic) bond motifs is 3. The van der Waals surface area contributed by atoms with Crippen LogP contribution in [0.3, 0.4) is 0 Å². The van der Waals surface area contributed by atoms with E-state index < -0.39 is 23.7 Å². The molecule has 0 spiro atoms. The van der Waals surface area contributed by atoms with Crippen LogP contribution in [0, 0.1) is 0 Å². The van der Waals surface area contributed by atoms with Gasteiger partial charge in [0.2, 0.25) is 11.9 Å². The highest BCUT2D eigenvalue weighted by atomic mass is 19.4. The molecular formula is C23H21F3N4O3. The number of halogens is 3. The van der Waals surface area contributed by atoms with E-state index in [-0.39, 0.29) is 24.1 Å². The van der Waals surface area contributed by atoms with E-state index in [1.54, 1.807) is 9.47 Å². The molecule has 2 aromatic carbocycles. The summed E-state index contributed by atoms with van der Waals surface area (Å²) in [6.07, 6.45) is -3.09. The third-order valence-electron chi connectivity index (χ3n) is 5.94. The molecule has 0 bridgehead atoms. The van der Waals surface area contributed by atoms with E-state index in [1.165, 1.54) is 12.1 Å². The second-order valence-corrected chi connectivity index (χ2v) is 8.20. The number of para-hydroxylation sites is 2. The summed E-state index contributed by atoms with van der Waals surface area (Å²) in [6, 6.07) is 10.9. The number of imidazole rings is 1. The van der Waals surface area contributed by atoms with E-state index in [0.29, 0.717) is 30.1 Å². The first-order valence-electron chi connectivity index (χ1n) is 10.7. The Bertz CT molecular complexity index is 1220. The molecule has 1 saturated heterocycles. The number of rotatable bonds is 5. The lowest BCUT2D eigenvalue weighted by atomic mass is 10.1. The van der Waals surface area contributed by atoms with Crippen molar-refractivity contribution in [3.8, 4) is 0 Å². The van der Waals surface area contributed by atoms with Gasteiger partial charge in [0, 0.05) is 12.3 Å². The molecule has 2 aliphatic rings. The Morgan fingerprint density at radius 1 is 1.18 bits per heavy atom. The van der Waals surface area contributed by atoms with E-state index in [1.807, 2.05) is 24.3 Å². The zero-order chi connectivity index (χ0) is 23.2. The largest absolute Gasteiger partial charge is 0.416 e. The van der Waals surface area contributed by atoms with Crippen LogP contribution < -0.4 is 10.2 Å². The molecule has 2 aliphatic heterocycles. The van der Waals surface area contributed by atoms with Gasteiger partial charge in [0.25, 0.3) is 5.91 Å². The first-order chi connectivity index (χ1) is 15.8. The number of nitrogens with one attached hydrogen (secondary N) is 1. The monoisotopic (exact) mass is 458 g/mol. The minimum atomic E-state index is -4.52. The van der Waals surface area contributed by atoms with Crippen LogP contribution in [0.25, 0.3) is 11.0 Å². The number of carbonyl (C=O) groups is 2. The summed E-state index contributed by atoms with van der Waals surface area (Å²) >= 11 is 0. The standard InChI is InChI=1S/C23H21F3N4O3/c24-23(25,26)14-5-3-6-15(11-14)27-20(31)12-19-21(32)29(13-16-7-4-10-33-16)22-28-17-8-1-2-9-18(17)30(19)22/h1-3,5-6,8-9,11,16,19H,4,7,10,12-13H2,(H,27,31)/t16-,19+/m1/s1. The number of amides is 2. The van der Waals surface area contributed by atoms with Crippen molar-refractivity contribution in [3.63, 3.8) is 0 Å². The summed E-state index contributed by atoms with van der Waals surface area (Å²) < 4.78 is 46.4. The summed E-state index contributed by atoms with van der Waals surface area (Å²) in [4.78, 5) is 32.2. The minimum absolute atomic E-state index is 0.0206. The van der Waals surface area contributed by atoms with Crippen LogP contribution in [0.2, 0.25) is 0 Å². The molecule has 0 unspecified atom stereocenters. The average Bonchev–Trinajstić information content (AvgIpc) is 3.47. The number of alkyl halides is 3. The summed E-state index contributed by atoms with van der Waals surface area (Å²) in [6.45, 7) is 0.986. The highest BCUT2D eigenvalue weighted by Crippen LogP contribution is 2.37. The number of benzene rings is 2. The molecule has 3 heterocycles. The van der Waals surface area contributed by atoms with Crippen molar-refractivity contribution in [1.82, 2.24) is 9.55 Å². The lowest BCUT2D eigenvalue weighted by Gasteiger charge is -2.19. The van der Waals surface area contributed by atoms with Crippen molar-refractivity contribution in [3.05, 3.63) is 54.1 Å². The Hall–Kier alpha value is -3.40. The second-order valence-electron chi connectivity index (χ2n) is 8.20. The van der Waals surface area contributed by atoms with Crippen molar-refractivity contribution in [2.75, 3.05) is 23.4 Å². The van der Waals surface area contributed by atoms with Gasteiger partial charge in [-0.05, 0) is 43.2 Å². The lowest BCUT2D eigenvalue weighted by molar-refractivity contribution is -0.137. The molecule has 1 aromatic heterocycles. The summed E-state index contributed by atoms with van der Waals surface area (Å²) in [5, 5.41) is 2.49. The zero-order valence-corrected chi connectivity index (χ0v) is 17.5. The Kier molecular flexibility index (Phi) is 5.32. The van der Waals surface area contributed by atoms with Gasteiger partial charge < -0.3 is 10.1 Å². The molecule has 1 fully saturated rings. The van der Waals surface area contributed by atoms with Crippen molar-refractivity contribution >= 4 is 34.5 Å². The van der Waals surface area contributed by atoms with Crippen LogP contribution in [0.1, 0.15) is 30.9 Å². The Morgan fingerprint density at radius 2 is 2.00 bits per heavy atom. The van der Waals surface area contributed by atoms with Crippen LogP contribution in [-0.4, -0.2) is 40.6 Å². The molecule has 7 nitrogen and oxygen atoms in total. The van der Waals surface area contributed by atoms with Gasteiger partial charge in [0.1, 0.15) is 6.04 Å². The highest BCUT2D eigenvalue weighted by Gasteiger charge is 2.42. The third-order valence-corrected chi connectivity index (χ3v) is 5.94. The number of ether oxygens (including phenoxy) is 1. The van der Waals surface area contributed by atoms with E-state index in [9.17, 15) is 22.8 Å². The number of aromatic nitrogens is 2. The number of nitrogens with zero attached hydrogens (tertiary/aromatic N) is 3. The Morgan fingerprint density at radius 3 is 2.76 bits per heavy atom. The van der Waals surface area contributed by atoms with Gasteiger partial charge in [0.05, 0.1) is 35.7 Å². The zero-order valence-electron chi connectivity index (χ0n) is 17.5. The molecule has 0 aliphatic carbocycles. The number of hydrogen-bond acceptors (Lipinski definition) is 4. The van der Waals surface area contributed by atoms with E-state index in [0.717, 1.165) is 25.0 Å². The van der Waals surface area contributed by atoms with Crippen molar-refractivity contribution in [2.45, 2.75) is 37.6 Å². The SMILES string of the molecule is O=C(C[C@H]1C(=O)N(C[C@H]2CCCO2)c2nc3ccccc3n21)Nc1cccc(C(F)(F)F)c1. The summed E-state index contributed by atoms with van der Waals surface area (Å²) in [7, 11) is 0. The van der Waals surface area contributed by atoms with Crippen LogP contribution >= 0.6 is 0 Å². The molecular weight excluding hydrogens is 437 g/mol. The molecule has 10 heteroatoms. The van der Waals surface area contributed by atoms with Crippen LogP contribution in [0.4, 0.5) is 24.8 Å². The maximum Gasteiger partial charge on any atom is 0.416 e. The molecule has 33 heavy (non-hydrogen) atoms.